The minimum Gasteiger partial charge on any atom is -0.465 e. The number of benzene rings is 3. The largest absolute Gasteiger partial charge is 0.465 e. The lowest BCUT2D eigenvalue weighted by atomic mass is 10.0. The van der Waals surface area contributed by atoms with Gasteiger partial charge in [0.05, 0.1) is 17.0 Å². The van der Waals surface area contributed by atoms with Crippen LogP contribution in [0.15, 0.2) is 83.8 Å². The molecule has 0 saturated carbocycles. The van der Waals surface area contributed by atoms with Crippen molar-refractivity contribution >= 4 is 39.4 Å². The Morgan fingerprint density at radius 3 is 2.27 bits per heavy atom. The fourth-order valence-electron chi connectivity index (χ4n) is 4.66. The van der Waals surface area contributed by atoms with Crippen LogP contribution in [-0.2, 0) is 21.2 Å². The summed E-state index contributed by atoms with van der Waals surface area (Å²) < 4.78 is 29.0. The molecule has 40 heavy (non-hydrogen) atoms. The lowest BCUT2D eigenvalue weighted by Gasteiger charge is -2.30. The lowest BCUT2D eigenvalue weighted by Crippen LogP contribution is -2.50. The Hall–Kier alpha value is -3.99. The molecule has 9 nitrogen and oxygen atoms in total. The first kappa shape index (κ1) is 29.0. The Kier molecular flexibility index (Phi) is 9.03. The molecule has 2 unspecified atom stereocenters. The normalized spacial score (nSPS) is 15.6. The van der Waals surface area contributed by atoms with E-state index < -0.39 is 28.3 Å². The summed E-state index contributed by atoms with van der Waals surface area (Å²) in [5.74, 6) is -0.403. The summed E-state index contributed by atoms with van der Waals surface area (Å²) in [4.78, 5) is 24.2. The molecule has 1 heterocycles. The third-order valence-electron chi connectivity index (χ3n) is 6.55. The maximum Gasteiger partial charge on any atom is 0.404 e. The van der Waals surface area contributed by atoms with Gasteiger partial charge in [0.25, 0.3) is 5.91 Å². The van der Waals surface area contributed by atoms with Crippen LogP contribution in [-0.4, -0.2) is 60.2 Å². The van der Waals surface area contributed by atoms with Crippen molar-refractivity contribution in [3.63, 3.8) is 0 Å². The van der Waals surface area contributed by atoms with E-state index in [2.05, 4.69) is 10.6 Å². The van der Waals surface area contributed by atoms with Gasteiger partial charge in [0.15, 0.2) is 0 Å². The summed E-state index contributed by atoms with van der Waals surface area (Å²) in [7, 11) is -4.13. The Morgan fingerprint density at radius 1 is 1.00 bits per heavy atom. The van der Waals surface area contributed by atoms with Gasteiger partial charge >= 0.3 is 6.09 Å². The molecule has 3 aromatic carbocycles. The number of rotatable bonds is 11. The van der Waals surface area contributed by atoms with Crippen molar-refractivity contribution in [1.29, 1.82) is 0 Å². The Bertz CT molecular complexity index is 1490. The molecule has 0 radical (unpaired) electrons. The second-order valence-electron chi connectivity index (χ2n) is 10.2. The zero-order chi connectivity index (χ0) is 28.9. The number of hydrogen-bond acceptors (Lipinski definition) is 5. The van der Waals surface area contributed by atoms with E-state index in [0.717, 1.165) is 11.1 Å². The molecule has 4 rings (SSSR count). The van der Waals surface area contributed by atoms with Crippen molar-refractivity contribution in [2.45, 2.75) is 37.3 Å². The average molecular weight is 564 g/mol. The number of amides is 2. The molecule has 2 atom stereocenters. The predicted octanol–water partition coefficient (Wildman–Crippen LogP) is 4.07. The number of nitrogens with zero attached hydrogens (tertiary/aromatic N) is 1. The van der Waals surface area contributed by atoms with Crippen molar-refractivity contribution < 1.29 is 28.2 Å². The number of aliphatic hydroxyl groups excluding tert-OH is 1. The van der Waals surface area contributed by atoms with E-state index >= 15 is 0 Å². The number of carbonyl (C=O) groups is 2. The van der Waals surface area contributed by atoms with Gasteiger partial charge in [0, 0.05) is 29.9 Å². The van der Waals surface area contributed by atoms with E-state index in [-0.39, 0.29) is 36.2 Å². The number of carbonyl (C=O) groups excluding carboxylic acids is 1. The quantitative estimate of drug-likeness (QED) is 0.260. The third kappa shape index (κ3) is 6.95. The van der Waals surface area contributed by atoms with Gasteiger partial charge in [-0.15, -0.1) is 0 Å². The van der Waals surface area contributed by atoms with Crippen LogP contribution in [0.4, 0.5) is 10.5 Å². The van der Waals surface area contributed by atoms with Gasteiger partial charge in [-0.3, -0.25) is 4.79 Å². The summed E-state index contributed by atoms with van der Waals surface area (Å²) in [6.45, 7) is 3.50. The smallest absolute Gasteiger partial charge is 0.404 e. The monoisotopic (exact) mass is 563 g/mol. The molecule has 3 aromatic rings. The Balaban J connectivity index is 1.65. The number of nitrogens with one attached hydrogen (secondary N) is 2. The van der Waals surface area contributed by atoms with Crippen molar-refractivity contribution in [2.75, 3.05) is 18.4 Å². The van der Waals surface area contributed by atoms with Gasteiger partial charge in [-0.25, -0.2) is 13.2 Å². The van der Waals surface area contributed by atoms with E-state index in [1.165, 1.54) is 16.4 Å². The summed E-state index contributed by atoms with van der Waals surface area (Å²) in [5.41, 5.74) is 2.92. The SMILES string of the molecule is CC(C)CN(CC(O)C(Cc1ccccc1)NC(=O)O)S(=O)(=O)c1ccc2c(c1)/C(=C/c1ccccc1)C(=O)N2. The first-order valence-electron chi connectivity index (χ1n) is 13.0. The Morgan fingerprint density at radius 2 is 1.65 bits per heavy atom. The molecular formula is C30H33N3O6S. The molecular weight excluding hydrogens is 530 g/mol. The van der Waals surface area contributed by atoms with E-state index in [9.17, 15) is 28.2 Å². The van der Waals surface area contributed by atoms with E-state index in [1.54, 1.807) is 12.1 Å². The molecule has 0 bridgehead atoms. The van der Waals surface area contributed by atoms with Crippen molar-refractivity contribution in [3.8, 4) is 0 Å². The van der Waals surface area contributed by atoms with Crippen LogP contribution in [0.5, 0.6) is 0 Å². The summed E-state index contributed by atoms with van der Waals surface area (Å²) in [5, 5.41) is 25.6. The van der Waals surface area contributed by atoms with Crippen LogP contribution in [0.25, 0.3) is 11.6 Å². The molecule has 0 aliphatic carbocycles. The summed E-state index contributed by atoms with van der Waals surface area (Å²) >= 11 is 0. The highest BCUT2D eigenvalue weighted by Gasteiger charge is 2.33. The van der Waals surface area contributed by atoms with Crippen LogP contribution < -0.4 is 10.6 Å². The highest BCUT2D eigenvalue weighted by molar-refractivity contribution is 7.89. The number of anilines is 1. The average Bonchev–Trinajstić information content (AvgIpc) is 3.22. The molecule has 10 heteroatoms. The first-order valence-corrected chi connectivity index (χ1v) is 14.4. The van der Waals surface area contributed by atoms with Gasteiger partial charge in [-0.1, -0.05) is 74.5 Å². The molecule has 1 aliphatic rings. The van der Waals surface area contributed by atoms with Crippen molar-refractivity contribution in [2.24, 2.45) is 5.92 Å². The number of aliphatic hydroxyl groups is 1. The molecule has 0 aromatic heterocycles. The number of carboxylic acid groups (broad SMARTS) is 1. The Labute approximate surface area is 234 Å². The first-order chi connectivity index (χ1) is 19.0. The van der Waals surface area contributed by atoms with Crippen LogP contribution in [0.2, 0.25) is 0 Å². The predicted molar refractivity (Wildman–Crippen MR) is 154 cm³/mol. The van der Waals surface area contributed by atoms with Gasteiger partial charge in [-0.2, -0.15) is 4.31 Å². The molecule has 0 saturated heterocycles. The standard InChI is InChI=1S/C30H33N3O6S/c1-20(2)18-33(19-28(34)27(32-30(36)37)16-22-11-7-4-8-12-22)40(38,39)23-13-14-26-24(17-23)25(29(35)31-26)15-21-9-5-3-6-10-21/h3-15,17,20,27-28,32,34H,16,18-19H2,1-2H3,(H,31,35)(H,36,37)/b25-15-. The second kappa shape index (κ2) is 12.5. The number of fused-ring (bicyclic) bond motifs is 1. The van der Waals surface area contributed by atoms with E-state index in [1.807, 2.05) is 74.5 Å². The fourth-order valence-corrected chi connectivity index (χ4v) is 6.31. The van der Waals surface area contributed by atoms with Crippen LogP contribution in [0.1, 0.15) is 30.5 Å². The number of hydrogen-bond donors (Lipinski definition) is 4. The zero-order valence-corrected chi connectivity index (χ0v) is 23.1. The molecule has 0 fully saturated rings. The molecule has 2 amide bonds. The number of sulfonamides is 1. The van der Waals surface area contributed by atoms with Crippen LogP contribution in [0.3, 0.4) is 0 Å². The van der Waals surface area contributed by atoms with Crippen LogP contribution in [0, 0.1) is 5.92 Å². The summed E-state index contributed by atoms with van der Waals surface area (Å²) in [6.07, 6.45) is -0.744. The highest BCUT2D eigenvalue weighted by Crippen LogP contribution is 2.35. The highest BCUT2D eigenvalue weighted by atomic mass is 32.2. The topological polar surface area (TPSA) is 136 Å². The maximum atomic E-state index is 13.9. The lowest BCUT2D eigenvalue weighted by molar-refractivity contribution is -0.110. The minimum atomic E-state index is -4.13. The third-order valence-corrected chi connectivity index (χ3v) is 8.38. The van der Waals surface area contributed by atoms with Crippen molar-refractivity contribution in [3.05, 3.63) is 95.6 Å². The van der Waals surface area contributed by atoms with E-state index in [4.69, 9.17) is 0 Å². The van der Waals surface area contributed by atoms with Gasteiger partial charge < -0.3 is 20.8 Å². The molecule has 0 spiro atoms. The van der Waals surface area contributed by atoms with Crippen molar-refractivity contribution in [1.82, 2.24) is 9.62 Å². The molecule has 210 valence electrons. The maximum absolute atomic E-state index is 13.9. The van der Waals surface area contributed by atoms with Gasteiger partial charge in [0.2, 0.25) is 10.0 Å². The minimum absolute atomic E-state index is 0.0274. The molecule has 1 aliphatic heterocycles. The van der Waals surface area contributed by atoms with E-state index in [0.29, 0.717) is 16.8 Å². The second-order valence-corrected chi connectivity index (χ2v) is 12.1. The van der Waals surface area contributed by atoms with Gasteiger partial charge in [-0.05, 0) is 47.7 Å². The van der Waals surface area contributed by atoms with Crippen LogP contribution >= 0.6 is 0 Å². The fraction of sp³-hybridized carbons (Fsp3) is 0.267. The molecule has 4 N–H and O–H groups in total. The summed E-state index contributed by atoms with van der Waals surface area (Å²) in [6, 6.07) is 21.8. The van der Waals surface area contributed by atoms with Gasteiger partial charge in [0.1, 0.15) is 0 Å². The zero-order valence-electron chi connectivity index (χ0n) is 22.3.